The average Bonchev–Trinajstić information content (AvgIpc) is 3.53. The third-order valence-electron chi connectivity index (χ3n) is 6.98. The molecule has 1 aliphatic heterocycles. The molecule has 2 aliphatic carbocycles. The van der Waals surface area contributed by atoms with E-state index in [4.69, 9.17) is 4.74 Å². The van der Waals surface area contributed by atoms with Gasteiger partial charge in [0.25, 0.3) is 5.19 Å². The Morgan fingerprint density at radius 1 is 1.06 bits per heavy atom. The van der Waals surface area contributed by atoms with E-state index in [-0.39, 0.29) is 11.1 Å². The molecule has 0 radical (unpaired) electrons. The number of carbonyl (C=O) groups excluding carboxylic acids is 1. The van der Waals surface area contributed by atoms with Crippen molar-refractivity contribution in [2.24, 2.45) is 11.8 Å². The van der Waals surface area contributed by atoms with Gasteiger partial charge in [-0.2, -0.15) is 13.2 Å². The second-order valence-electron chi connectivity index (χ2n) is 9.65. The molecule has 1 aromatic rings. The van der Waals surface area contributed by atoms with Crippen LogP contribution in [0.25, 0.3) is 0 Å². The van der Waals surface area contributed by atoms with Crippen LogP contribution in [0.1, 0.15) is 68.4 Å². The molecule has 0 aromatic carbocycles. The maximum atomic E-state index is 12.3. The summed E-state index contributed by atoms with van der Waals surface area (Å²) in [5.41, 5.74) is 0.896. The first-order valence-electron chi connectivity index (χ1n) is 12.0. The van der Waals surface area contributed by atoms with Gasteiger partial charge in [-0.05, 0) is 63.3 Å². The molecule has 1 aromatic heterocycles. The number of amides is 1. The Morgan fingerprint density at radius 2 is 1.75 bits per heavy atom. The number of halogens is 3. The molecule has 0 saturated heterocycles. The van der Waals surface area contributed by atoms with Crippen LogP contribution in [0.3, 0.4) is 0 Å². The number of ether oxygens (including phenoxy) is 1. The molecule has 1 amide bonds. The zero-order valence-corrected chi connectivity index (χ0v) is 19.4. The predicted molar refractivity (Wildman–Crippen MR) is 118 cm³/mol. The van der Waals surface area contributed by atoms with E-state index in [1.54, 1.807) is 0 Å². The lowest BCUT2D eigenvalue weighted by Gasteiger charge is -2.30. The summed E-state index contributed by atoms with van der Waals surface area (Å²) in [6, 6.07) is 0.354. The van der Waals surface area contributed by atoms with Crippen LogP contribution in [-0.4, -0.2) is 54.3 Å². The van der Waals surface area contributed by atoms with E-state index >= 15 is 0 Å². The second-order valence-corrected chi connectivity index (χ2v) is 10.7. The first-order chi connectivity index (χ1) is 15.3. The molecular formula is C23H34F3N3O2S. The fraction of sp³-hybridized carbons (Fsp3) is 0.826. The van der Waals surface area contributed by atoms with E-state index < -0.39 is 12.8 Å². The minimum atomic E-state index is -4.33. The molecular weight excluding hydrogens is 439 g/mol. The molecule has 2 saturated carbocycles. The van der Waals surface area contributed by atoms with E-state index in [0.717, 1.165) is 68.2 Å². The molecule has 180 valence electrons. The highest BCUT2D eigenvalue weighted by Crippen LogP contribution is 2.34. The minimum Gasteiger partial charge on any atom is -0.460 e. The molecule has 0 atom stereocenters. The number of thiazole rings is 1. The number of nitrogens with one attached hydrogen (secondary N) is 1. The van der Waals surface area contributed by atoms with Gasteiger partial charge >= 0.3 is 6.18 Å². The quantitative estimate of drug-likeness (QED) is 0.563. The zero-order valence-electron chi connectivity index (χ0n) is 18.6. The molecule has 0 unspecified atom stereocenters. The highest BCUT2D eigenvalue weighted by atomic mass is 32.1. The van der Waals surface area contributed by atoms with Crippen molar-refractivity contribution in [3.05, 3.63) is 10.6 Å². The summed E-state index contributed by atoms with van der Waals surface area (Å²) in [4.78, 5) is 19.9. The molecule has 4 rings (SSSR count). The van der Waals surface area contributed by atoms with E-state index in [1.165, 1.54) is 43.4 Å². The first kappa shape index (κ1) is 23.8. The summed E-state index contributed by atoms with van der Waals surface area (Å²) in [5, 5.41) is 3.37. The van der Waals surface area contributed by atoms with E-state index in [0.29, 0.717) is 18.4 Å². The van der Waals surface area contributed by atoms with Crippen molar-refractivity contribution in [3.8, 4) is 5.19 Å². The smallest absolute Gasteiger partial charge is 0.422 e. The predicted octanol–water partition coefficient (Wildman–Crippen LogP) is 4.74. The van der Waals surface area contributed by atoms with Gasteiger partial charge in [-0.1, -0.05) is 24.2 Å². The summed E-state index contributed by atoms with van der Waals surface area (Å²) in [6.45, 7) is 1.58. The van der Waals surface area contributed by atoms with Crippen molar-refractivity contribution in [1.82, 2.24) is 15.2 Å². The Bertz CT molecular complexity index is 733. The lowest BCUT2D eigenvalue weighted by atomic mass is 9.84. The summed E-state index contributed by atoms with van der Waals surface area (Å²) < 4.78 is 41.8. The van der Waals surface area contributed by atoms with Crippen LogP contribution < -0.4 is 10.1 Å². The number of carbonyl (C=O) groups is 1. The summed E-state index contributed by atoms with van der Waals surface area (Å²) in [5.74, 6) is 1.76. The number of hydrogen-bond donors (Lipinski definition) is 1. The molecule has 0 spiro atoms. The van der Waals surface area contributed by atoms with Crippen molar-refractivity contribution < 1.29 is 22.7 Å². The van der Waals surface area contributed by atoms with Crippen LogP contribution in [0, 0.1) is 11.8 Å². The van der Waals surface area contributed by atoms with Gasteiger partial charge in [-0.3, -0.25) is 4.79 Å². The van der Waals surface area contributed by atoms with Gasteiger partial charge < -0.3 is 15.0 Å². The lowest BCUT2D eigenvalue weighted by Crippen LogP contribution is -2.38. The van der Waals surface area contributed by atoms with Crippen molar-refractivity contribution in [2.45, 2.75) is 82.8 Å². The van der Waals surface area contributed by atoms with Crippen LogP contribution in [0.15, 0.2) is 0 Å². The van der Waals surface area contributed by atoms with Crippen molar-refractivity contribution in [3.63, 3.8) is 0 Å². The van der Waals surface area contributed by atoms with Gasteiger partial charge in [0, 0.05) is 36.9 Å². The van der Waals surface area contributed by atoms with Gasteiger partial charge in [0.2, 0.25) is 5.91 Å². The van der Waals surface area contributed by atoms with Crippen LogP contribution in [-0.2, 0) is 17.6 Å². The first-order valence-corrected chi connectivity index (χ1v) is 12.9. The maximum absolute atomic E-state index is 12.3. The molecule has 9 heteroatoms. The Labute approximate surface area is 192 Å². The lowest BCUT2D eigenvalue weighted by molar-refractivity contribution is -0.153. The fourth-order valence-electron chi connectivity index (χ4n) is 4.82. The van der Waals surface area contributed by atoms with Crippen LogP contribution in [0.4, 0.5) is 13.2 Å². The number of rotatable bonds is 9. The van der Waals surface area contributed by atoms with Crippen LogP contribution in [0.5, 0.6) is 5.19 Å². The average molecular weight is 474 g/mol. The second kappa shape index (κ2) is 10.7. The number of nitrogens with zero attached hydrogens (tertiary/aromatic N) is 2. The normalized spacial score (nSPS) is 24.6. The van der Waals surface area contributed by atoms with Gasteiger partial charge in [0.15, 0.2) is 6.61 Å². The Hall–Kier alpha value is -1.35. The Kier molecular flexibility index (Phi) is 7.97. The van der Waals surface area contributed by atoms with Gasteiger partial charge in [-0.25, -0.2) is 4.98 Å². The number of aromatic nitrogens is 1. The van der Waals surface area contributed by atoms with E-state index in [1.807, 2.05) is 0 Å². The third-order valence-corrected chi connectivity index (χ3v) is 8.05. The molecule has 3 aliphatic rings. The summed E-state index contributed by atoms with van der Waals surface area (Å²) in [7, 11) is 0. The number of hydrogen-bond acceptors (Lipinski definition) is 5. The zero-order chi connectivity index (χ0) is 22.6. The molecule has 32 heavy (non-hydrogen) atoms. The Balaban J connectivity index is 1.12. The maximum Gasteiger partial charge on any atom is 0.422 e. The minimum absolute atomic E-state index is 0.136. The molecule has 2 fully saturated rings. The molecule has 5 nitrogen and oxygen atoms in total. The van der Waals surface area contributed by atoms with E-state index in [9.17, 15) is 18.0 Å². The third kappa shape index (κ3) is 7.61. The van der Waals surface area contributed by atoms with Crippen molar-refractivity contribution in [1.29, 1.82) is 0 Å². The van der Waals surface area contributed by atoms with Crippen molar-refractivity contribution >= 4 is 17.2 Å². The molecule has 2 heterocycles. The van der Waals surface area contributed by atoms with Gasteiger partial charge in [0.1, 0.15) is 0 Å². The molecule has 0 bridgehead atoms. The SMILES string of the molecule is O=C(CCC1CC1)NC1CCC(CCN2CCc3nc(OCC(F)(F)F)sc3CC2)CC1. The summed E-state index contributed by atoms with van der Waals surface area (Å²) >= 11 is 1.26. The van der Waals surface area contributed by atoms with Crippen LogP contribution in [0.2, 0.25) is 0 Å². The number of alkyl halides is 3. The number of fused-ring (bicyclic) bond motifs is 1. The van der Waals surface area contributed by atoms with Gasteiger partial charge in [0.05, 0.1) is 5.69 Å². The van der Waals surface area contributed by atoms with Gasteiger partial charge in [-0.15, -0.1) is 0 Å². The summed E-state index contributed by atoms with van der Waals surface area (Å²) in [6.07, 6.45) is 7.30. The monoisotopic (exact) mass is 473 g/mol. The van der Waals surface area contributed by atoms with Crippen molar-refractivity contribution in [2.75, 3.05) is 26.2 Å². The largest absolute Gasteiger partial charge is 0.460 e. The fourth-order valence-corrected chi connectivity index (χ4v) is 5.76. The highest BCUT2D eigenvalue weighted by Gasteiger charge is 2.30. The van der Waals surface area contributed by atoms with E-state index in [2.05, 4.69) is 15.2 Å². The Morgan fingerprint density at radius 3 is 2.47 bits per heavy atom. The topological polar surface area (TPSA) is 54.5 Å². The molecule has 1 N–H and O–H groups in total. The standard InChI is InChI=1S/C23H34F3N3O2S/c24-23(25,26)15-31-22-28-19-10-13-29(14-11-20(19)32-22)12-9-17-3-6-18(7-4-17)27-21(30)8-5-16-1-2-16/h16-18H,1-15H2,(H,27,30). The highest BCUT2D eigenvalue weighted by molar-refractivity contribution is 7.13. The van der Waals surface area contributed by atoms with Crippen LogP contribution >= 0.6 is 11.3 Å².